The average molecular weight is 336 g/mol. The molecule has 0 bridgehead atoms. The van der Waals surface area contributed by atoms with Crippen LogP contribution in [0.5, 0.6) is 5.75 Å². The molecule has 4 nitrogen and oxygen atoms in total. The lowest BCUT2D eigenvalue weighted by Crippen LogP contribution is -2.00. The van der Waals surface area contributed by atoms with E-state index in [-0.39, 0.29) is 0 Å². The summed E-state index contributed by atoms with van der Waals surface area (Å²) in [5, 5.41) is 7.72. The minimum Gasteiger partial charge on any atom is -0.493 e. The number of thioether (sulfide) groups is 1. The number of rotatable bonds is 6. The SMILES string of the molecule is S=c1[nH]nc(CSCCOc2ccc(Cl)c(Cl)c2)[nH]1. The van der Waals surface area contributed by atoms with Gasteiger partial charge in [-0.25, -0.2) is 0 Å². The van der Waals surface area contributed by atoms with E-state index >= 15 is 0 Å². The number of nitrogens with one attached hydrogen (secondary N) is 2. The number of ether oxygens (including phenoxy) is 1. The minimum atomic E-state index is 0.496. The second-order valence-electron chi connectivity index (χ2n) is 3.60. The van der Waals surface area contributed by atoms with Gasteiger partial charge in [-0.2, -0.15) is 16.9 Å². The lowest BCUT2D eigenvalue weighted by atomic mass is 10.3. The maximum absolute atomic E-state index is 5.89. The summed E-state index contributed by atoms with van der Waals surface area (Å²) in [5.41, 5.74) is 0. The van der Waals surface area contributed by atoms with E-state index in [9.17, 15) is 0 Å². The molecule has 0 unspecified atom stereocenters. The van der Waals surface area contributed by atoms with E-state index in [2.05, 4.69) is 15.2 Å². The van der Waals surface area contributed by atoms with Crippen molar-refractivity contribution in [3.05, 3.63) is 38.8 Å². The molecule has 0 aliphatic rings. The Morgan fingerprint density at radius 2 is 2.16 bits per heavy atom. The monoisotopic (exact) mass is 335 g/mol. The van der Waals surface area contributed by atoms with Crippen molar-refractivity contribution in [3.63, 3.8) is 0 Å². The first-order valence-electron chi connectivity index (χ1n) is 5.44. The Kier molecular flexibility index (Phi) is 5.57. The third kappa shape index (κ3) is 4.72. The van der Waals surface area contributed by atoms with Crippen molar-refractivity contribution in [1.29, 1.82) is 0 Å². The summed E-state index contributed by atoms with van der Waals surface area (Å²) in [6.45, 7) is 0.591. The van der Waals surface area contributed by atoms with Crippen LogP contribution in [-0.4, -0.2) is 27.5 Å². The summed E-state index contributed by atoms with van der Waals surface area (Å²) >= 11 is 18.3. The Balaban J connectivity index is 1.69. The van der Waals surface area contributed by atoms with Gasteiger partial charge in [0.15, 0.2) is 4.77 Å². The maximum Gasteiger partial charge on any atom is 0.192 e. The van der Waals surface area contributed by atoms with Crippen LogP contribution in [0.4, 0.5) is 0 Å². The molecule has 0 spiro atoms. The van der Waals surface area contributed by atoms with Crippen molar-refractivity contribution in [2.75, 3.05) is 12.4 Å². The summed E-state index contributed by atoms with van der Waals surface area (Å²) in [4.78, 5) is 2.95. The fourth-order valence-electron chi connectivity index (χ4n) is 1.33. The molecule has 1 aromatic carbocycles. The van der Waals surface area contributed by atoms with Crippen LogP contribution in [0.2, 0.25) is 10.0 Å². The van der Waals surface area contributed by atoms with Gasteiger partial charge in [0.05, 0.1) is 22.4 Å². The average Bonchev–Trinajstić information content (AvgIpc) is 2.79. The topological polar surface area (TPSA) is 53.7 Å². The Morgan fingerprint density at radius 3 is 2.84 bits per heavy atom. The highest BCUT2D eigenvalue weighted by atomic mass is 35.5. The van der Waals surface area contributed by atoms with Gasteiger partial charge in [0.1, 0.15) is 11.6 Å². The van der Waals surface area contributed by atoms with Gasteiger partial charge in [0.25, 0.3) is 0 Å². The first-order valence-corrected chi connectivity index (χ1v) is 7.76. The van der Waals surface area contributed by atoms with Crippen molar-refractivity contribution in [2.45, 2.75) is 5.75 Å². The minimum absolute atomic E-state index is 0.496. The maximum atomic E-state index is 5.89. The molecule has 0 aliphatic heterocycles. The molecule has 19 heavy (non-hydrogen) atoms. The van der Waals surface area contributed by atoms with Gasteiger partial charge in [-0.1, -0.05) is 23.2 Å². The molecule has 8 heteroatoms. The zero-order chi connectivity index (χ0) is 13.7. The Labute approximate surface area is 129 Å². The number of hydrogen-bond donors (Lipinski definition) is 2. The molecule has 2 N–H and O–H groups in total. The first-order chi connectivity index (χ1) is 9.15. The predicted molar refractivity (Wildman–Crippen MR) is 81.9 cm³/mol. The van der Waals surface area contributed by atoms with Crippen LogP contribution in [-0.2, 0) is 5.75 Å². The van der Waals surface area contributed by atoms with Crippen molar-refractivity contribution in [1.82, 2.24) is 15.2 Å². The molecule has 2 rings (SSSR count). The van der Waals surface area contributed by atoms with Crippen molar-refractivity contribution in [2.24, 2.45) is 0 Å². The number of hydrogen-bond acceptors (Lipinski definition) is 4. The van der Waals surface area contributed by atoms with E-state index in [1.54, 1.807) is 30.0 Å². The third-order valence-electron chi connectivity index (χ3n) is 2.18. The normalized spacial score (nSPS) is 10.6. The Bertz CT molecular complexity index is 600. The highest BCUT2D eigenvalue weighted by Gasteiger charge is 2.01. The van der Waals surface area contributed by atoms with Gasteiger partial charge in [0, 0.05) is 11.8 Å². The molecule has 0 aliphatic carbocycles. The van der Waals surface area contributed by atoms with Crippen LogP contribution in [0.1, 0.15) is 5.82 Å². The van der Waals surface area contributed by atoms with Crippen LogP contribution < -0.4 is 4.74 Å². The highest BCUT2D eigenvalue weighted by molar-refractivity contribution is 7.98. The molecule has 2 aromatic rings. The molecule has 1 heterocycles. The Hall–Kier alpha value is -0.690. The van der Waals surface area contributed by atoms with Crippen LogP contribution in [0, 0.1) is 4.77 Å². The number of benzene rings is 1. The van der Waals surface area contributed by atoms with Gasteiger partial charge in [-0.3, -0.25) is 5.10 Å². The summed E-state index contributed by atoms with van der Waals surface area (Å²) in [7, 11) is 0. The number of aromatic amines is 2. The van der Waals surface area contributed by atoms with Crippen LogP contribution in [0.15, 0.2) is 18.2 Å². The summed E-state index contributed by atoms with van der Waals surface area (Å²) in [6.07, 6.45) is 0. The molecule has 102 valence electrons. The molecule has 0 fully saturated rings. The largest absolute Gasteiger partial charge is 0.493 e. The predicted octanol–water partition coefficient (Wildman–Crippen LogP) is 4.09. The van der Waals surface area contributed by atoms with E-state index in [1.165, 1.54) is 0 Å². The fraction of sp³-hybridized carbons (Fsp3) is 0.273. The van der Waals surface area contributed by atoms with Gasteiger partial charge in [0.2, 0.25) is 0 Å². The van der Waals surface area contributed by atoms with Crippen LogP contribution >= 0.6 is 47.2 Å². The third-order valence-corrected chi connectivity index (χ3v) is 4.04. The van der Waals surface area contributed by atoms with E-state index in [0.29, 0.717) is 27.2 Å². The Morgan fingerprint density at radius 1 is 1.32 bits per heavy atom. The van der Waals surface area contributed by atoms with E-state index in [1.807, 2.05) is 0 Å². The molecule has 0 atom stereocenters. The standard InChI is InChI=1S/C11H11Cl2N3OS2/c12-8-2-1-7(5-9(8)13)17-3-4-19-6-10-14-11(18)16-15-10/h1-2,5H,3-4,6H2,(H2,14,15,16,18). The molecular weight excluding hydrogens is 325 g/mol. The molecule has 0 saturated heterocycles. The lowest BCUT2D eigenvalue weighted by molar-refractivity contribution is 0.344. The van der Waals surface area contributed by atoms with Gasteiger partial charge in [-0.15, -0.1) is 0 Å². The number of aromatic nitrogens is 3. The van der Waals surface area contributed by atoms with Crippen molar-refractivity contribution >= 4 is 47.2 Å². The van der Waals surface area contributed by atoms with E-state index < -0.39 is 0 Å². The summed E-state index contributed by atoms with van der Waals surface area (Å²) in [6, 6.07) is 5.22. The second-order valence-corrected chi connectivity index (χ2v) is 5.93. The molecule has 0 amide bonds. The zero-order valence-corrected chi connectivity index (χ0v) is 12.9. The smallest absolute Gasteiger partial charge is 0.192 e. The number of nitrogens with zero attached hydrogens (tertiary/aromatic N) is 1. The highest BCUT2D eigenvalue weighted by Crippen LogP contribution is 2.26. The van der Waals surface area contributed by atoms with Gasteiger partial charge in [-0.05, 0) is 24.4 Å². The first kappa shape index (κ1) is 14.7. The van der Waals surface area contributed by atoms with Crippen molar-refractivity contribution < 1.29 is 4.74 Å². The van der Waals surface area contributed by atoms with Gasteiger partial charge < -0.3 is 9.72 Å². The van der Waals surface area contributed by atoms with Gasteiger partial charge >= 0.3 is 0 Å². The summed E-state index contributed by atoms with van der Waals surface area (Å²) in [5.74, 6) is 3.16. The second kappa shape index (κ2) is 7.19. The lowest BCUT2D eigenvalue weighted by Gasteiger charge is -2.06. The fourth-order valence-corrected chi connectivity index (χ4v) is 2.45. The zero-order valence-electron chi connectivity index (χ0n) is 9.78. The van der Waals surface area contributed by atoms with Crippen LogP contribution in [0.3, 0.4) is 0 Å². The van der Waals surface area contributed by atoms with Crippen molar-refractivity contribution in [3.8, 4) is 5.75 Å². The van der Waals surface area contributed by atoms with Crippen LogP contribution in [0.25, 0.3) is 0 Å². The number of H-pyrrole nitrogens is 2. The quantitative estimate of drug-likeness (QED) is 0.616. The molecular formula is C11H11Cl2N3OS2. The number of halogens is 2. The van der Waals surface area contributed by atoms with E-state index in [0.717, 1.165) is 17.3 Å². The van der Waals surface area contributed by atoms with E-state index in [4.69, 9.17) is 40.2 Å². The molecule has 0 radical (unpaired) electrons. The molecule has 0 saturated carbocycles. The summed E-state index contributed by atoms with van der Waals surface area (Å²) < 4.78 is 6.11. The molecule has 1 aromatic heterocycles.